The summed E-state index contributed by atoms with van der Waals surface area (Å²) in [4.78, 5) is 15.0. The lowest BCUT2D eigenvalue weighted by atomic mass is 10.2. The van der Waals surface area contributed by atoms with Crippen LogP contribution in [-0.4, -0.2) is 49.0 Å². The monoisotopic (exact) mass is 421 g/mol. The molecule has 9 nitrogen and oxygen atoms in total. The highest BCUT2D eigenvalue weighted by Crippen LogP contribution is 2.27. The number of anilines is 3. The predicted molar refractivity (Wildman–Crippen MR) is 123 cm³/mol. The molecule has 2 N–H and O–H groups in total. The number of hydrogen-bond acceptors (Lipinski definition) is 9. The minimum Gasteiger partial charge on any atom is -0.493 e. The smallest absolute Gasteiger partial charge is 0.250 e. The maximum Gasteiger partial charge on any atom is 0.250 e. The van der Waals surface area contributed by atoms with Gasteiger partial charge in [-0.1, -0.05) is 30.3 Å². The lowest BCUT2D eigenvalue weighted by Gasteiger charge is -2.13. The third-order valence-electron chi connectivity index (χ3n) is 4.18. The summed E-state index contributed by atoms with van der Waals surface area (Å²) in [6.07, 6.45) is 1.66. The standard InChI is InChI=1S/C22H27N7O2/c1-5-31-18-12-11-17(13-19(18)30-4)15-24-28-21-25-20(26-22(27-21)29(2)3)23-14-16-9-7-6-8-10-16/h6-13,15H,5,14H2,1-4H3,(H2,23,25,26,27,28). The van der Waals surface area contributed by atoms with Gasteiger partial charge in [-0.05, 0) is 36.2 Å². The summed E-state index contributed by atoms with van der Waals surface area (Å²) in [6, 6.07) is 15.6. The van der Waals surface area contributed by atoms with Gasteiger partial charge in [0.25, 0.3) is 0 Å². The van der Waals surface area contributed by atoms with Crippen LogP contribution in [0.1, 0.15) is 18.1 Å². The van der Waals surface area contributed by atoms with Crippen LogP contribution < -0.4 is 25.1 Å². The maximum atomic E-state index is 5.54. The van der Waals surface area contributed by atoms with E-state index >= 15 is 0 Å². The zero-order valence-corrected chi connectivity index (χ0v) is 18.2. The van der Waals surface area contributed by atoms with Crippen molar-refractivity contribution in [2.24, 2.45) is 5.10 Å². The molecule has 0 atom stereocenters. The molecule has 1 aromatic heterocycles. The largest absolute Gasteiger partial charge is 0.493 e. The molecule has 0 aliphatic rings. The van der Waals surface area contributed by atoms with Crippen LogP contribution in [0.4, 0.5) is 17.8 Å². The lowest BCUT2D eigenvalue weighted by Crippen LogP contribution is -2.16. The quantitative estimate of drug-likeness (QED) is 0.380. The van der Waals surface area contributed by atoms with E-state index in [0.717, 1.165) is 11.1 Å². The molecule has 3 aromatic rings. The van der Waals surface area contributed by atoms with Crippen LogP contribution in [0.5, 0.6) is 11.5 Å². The molecule has 0 aliphatic heterocycles. The molecule has 0 radical (unpaired) electrons. The Balaban J connectivity index is 1.72. The summed E-state index contributed by atoms with van der Waals surface area (Å²) >= 11 is 0. The SMILES string of the molecule is CCOc1ccc(C=NNc2nc(NCc3ccccc3)nc(N(C)C)n2)cc1OC. The molecule has 31 heavy (non-hydrogen) atoms. The van der Waals surface area contributed by atoms with Crippen molar-refractivity contribution in [3.63, 3.8) is 0 Å². The van der Waals surface area contributed by atoms with Gasteiger partial charge in [0, 0.05) is 20.6 Å². The summed E-state index contributed by atoms with van der Waals surface area (Å²) in [5, 5.41) is 7.48. The molecule has 0 bridgehead atoms. The summed E-state index contributed by atoms with van der Waals surface area (Å²) in [5.41, 5.74) is 4.85. The van der Waals surface area contributed by atoms with Gasteiger partial charge in [0.1, 0.15) is 0 Å². The van der Waals surface area contributed by atoms with Crippen molar-refractivity contribution in [2.45, 2.75) is 13.5 Å². The molecular formula is C22H27N7O2. The van der Waals surface area contributed by atoms with Gasteiger partial charge in [-0.15, -0.1) is 0 Å². The van der Waals surface area contributed by atoms with Gasteiger partial charge in [-0.25, -0.2) is 5.43 Å². The molecule has 0 amide bonds. The number of aromatic nitrogens is 3. The highest BCUT2D eigenvalue weighted by Gasteiger charge is 2.08. The van der Waals surface area contributed by atoms with Crippen LogP contribution in [0.3, 0.4) is 0 Å². The summed E-state index contributed by atoms with van der Waals surface area (Å²) in [5.74, 6) is 2.66. The zero-order chi connectivity index (χ0) is 22.1. The molecule has 0 unspecified atom stereocenters. The van der Waals surface area contributed by atoms with Crippen LogP contribution >= 0.6 is 0 Å². The minimum atomic E-state index is 0.336. The fourth-order valence-corrected chi connectivity index (χ4v) is 2.67. The van der Waals surface area contributed by atoms with Crippen LogP contribution in [0.25, 0.3) is 0 Å². The number of nitrogens with one attached hydrogen (secondary N) is 2. The van der Waals surface area contributed by atoms with E-state index in [1.165, 1.54) is 0 Å². The van der Waals surface area contributed by atoms with Crippen molar-refractivity contribution >= 4 is 24.1 Å². The third-order valence-corrected chi connectivity index (χ3v) is 4.18. The third kappa shape index (κ3) is 6.30. The second kappa shape index (κ2) is 10.8. The zero-order valence-electron chi connectivity index (χ0n) is 18.2. The van der Waals surface area contributed by atoms with Gasteiger partial charge < -0.3 is 19.7 Å². The van der Waals surface area contributed by atoms with Gasteiger partial charge in [0.15, 0.2) is 11.5 Å². The van der Waals surface area contributed by atoms with Gasteiger partial charge in [0.05, 0.1) is 19.9 Å². The average Bonchev–Trinajstić information content (AvgIpc) is 2.79. The molecule has 0 fully saturated rings. The molecular weight excluding hydrogens is 394 g/mol. The highest BCUT2D eigenvalue weighted by atomic mass is 16.5. The Bertz CT molecular complexity index is 1010. The van der Waals surface area contributed by atoms with Gasteiger partial charge in [-0.2, -0.15) is 20.1 Å². The van der Waals surface area contributed by atoms with E-state index in [1.807, 2.05) is 74.4 Å². The summed E-state index contributed by atoms with van der Waals surface area (Å²) < 4.78 is 10.9. The number of rotatable bonds is 10. The van der Waals surface area contributed by atoms with Crippen LogP contribution in [0.2, 0.25) is 0 Å². The number of methoxy groups -OCH3 is 1. The molecule has 2 aromatic carbocycles. The molecule has 162 valence electrons. The van der Waals surface area contributed by atoms with Crippen molar-refractivity contribution in [3.05, 3.63) is 59.7 Å². The van der Waals surface area contributed by atoms with E-state index in [4.69, 9.17) is 9.47 Å². The fourth-order valence-electron chi connectivity index (χ4n) is 2.67. The summed E-state index contributed by atoms with van der Waals surface area (Å²) in [7, 11) is 5.35. The number of ether oxygens (including phenoxy) is 2. The summed E-state index contributed by atoms with van der Waals surface area (Å²) in [6.45, 7) is 3.10. The first kappa shape index (κ1) is 21.8. The first-order valence-electron chi connectivity index (χ1n) is 9.90. The molecule has 9 heteroatoms. The second-order valence-electron chi connectivity index (χ2n) is 6.73. The Labute approximate surface area is 182 Å². The Morgan fingerprint density at radius 2 is 1.77 bits per heavy atom. The van der Waals surface area contributed by atoms with Crippen molar-refractivity contribution in [1.29, 1.82) is 0 Å². The maximum absolute atomic E-state index is 5.54. The lowest BCUT2D eigenvalue weighted by molar-refractivity contribution is 0.311. The van der Waals surface area contributed by atoms with Gasteiger partial charge >= 0.3 is 0 Å². The van der Waals surface area contributed by atoms with E-state index in [2.05, 4.69) is 30.8 Å². The van der Waals surface area contributed by atoms with Crippen molar-refractivity contribution in [2.75, 3.05) is 43.5 Å². The number of hydrazone groups is 1. The fraction of sp³-hybridized carbons (Fsp3) is 0.273. The first-order valence-corrected chi connectivity index (χ1v) is 9.90. The van der Waals surface area contributed by atoms with Crippen LogP contribution in [0, 0.1) is 0 Å². The van der Waals surface area contributed by atoms with Gasteiger partial charge in [-0.3, -0.25) is 0 Å². The number of nitrogens with zero attached hydrogens (tertiary/aromatic N) is 5. The highest BCUT2D eigenvalue weighted by molar-refractivity contribution is 5.81. The Kier molecular flexibility index (Phi) is 7.58. The molecule has 3 rings (SSSR count). The van der Waals surface area contributed by atoms with Crippen molar-refractivity contribution in [1.82, 2.24) is 15.0 Å². The predicted octanol–water partition coefficient (Wildman–Crippen LogP) is 3.40. The number of hydrogen-bond donors (Lipinski definition) is 2. The first-order chi connectivity index (χ1) is 15.1. The molecule has 0 spiro atoms. The molecule has 1 heterocycles. The number of benzene rings is 2. The van der Waals surface area contributed by atoms with Crippen molar-refractivity contribution < 1.29 is 9.47 Å². The van der Waals surface area contributed by atoms with E-state index < -0.39 is 0 Å². The van der Waals surface area contributed by atoms with Gasteiger partial charge in [0.2, 0.25) is 17.8 Å². The Morgan fingerprint density at radius 1 is 1.00 bits per heavy atom. The Hall–Kier alpha value is -3.88. The minimum absolute atomic E-state index is 0.336. The molecule has 0 saturated heterocycles. The van der Waals surface area contributed by atoms with E-state index in [0.29, 0.717) is 42.5 Å². The Morgan fingerprint density at radius 3 is 2.48 bits per heavy atom. The van der Waals surface area contributed by atoms with E-state index in [1.54, 1.807) is 13.3 Å². The topological polar surface area (TPSA) is 96.8 Å². The van der Waals surface area contributed by atoms with Crippen LogP contribution in [0.15, 0.2) is 53.6 Å². The van der Waals surface area contributed by atoms with Crippen LogP contribution in [-0.2, 0) is 6.54 Å². The van der Waals surface area contributed by atoms with E-state index in [9.17, 15) is 0 Å². The average molecular weight is 422 g/mol. The van der Waals surface area contributed by atoms with Crippen molar-refractivity contribution in [3.8, 4) is 11.5 Å². The normalized spacial score (nSPS) is 10.7. The molecule has 0 aliphatic carbocycles. The molecule has 0 saturated carbocycles. The van der Waals surface area contributed by atoms with E-state index in [-0.39, 0.29) is 0 Å². The second-order valence-corrected chi connectivity index (χ2v) is 6.73.